The van der Waals surface area contributed by atoms with Gasteiger partial charge in [-0.1, -0.05) is 37.3 Å². The average Bonchev–Trinajstić information content (AvgIpc) is 2.65. The van der Waals surface area contributed by atoms with Crippen LogP contribution in [0.3, 0.4) is 0 Å². The average molecular weight is 376 g/mol. The zero-order valence-electron chi connectivity index (χ0n) is 16.6. The molecule has 0 radical (unpaired) electrons. The molecule has 3 aromatic rings. The third-order valence-electron chi connectivity index (χ3n) is 5.02. The van der Waals surface area contributed by atoms with E-state index in [1.54, 1.807) is 34.9 Å². The summed E-state index contributed by atoms with van der Waals surface area (Å²) in [5.41, 5.74) is 3.50. The quantitative estimate of drug-likeness (QED) is 0.671. The van der Waals surface area contributed by atoms with E-state index in [0.29, 0.717) is 17.7 Å². The molecule has 0 aliphatic rings. The fourth-order valence-electron chi connectivity index (χ4n) is 3.58. The first-order valence-electron chi connectivity index (χ1n) is 9.36. The number of aromatic nitrogens is 1. The molecular formula is C23H24N2O3. The summed E-state index contributed by atoms with van der Waals surface area (Å²) < 4.78 is 1.59. The first kappa shape index (κ1) is 19.5. The molecule has 0 spiro atoms. The Balaban J connectivity index is 2.07. The minimum absolute atomic E-state index is 0.0699. The van der Waals surface area contributed by atoms with E-state index in [1.165, 1.54) is 6.92 Å². The molecule has 5 heteroatoms. The number of amides is 1. The van der Waals surface area contributed by atoms with E-state index >= 15 is 0 Å². The first-order chi connectivity index (χ1) is 13.3. The highest BCUT2D eigenvalue weighted by Gasteiger charge is 2.23. The number of rotatable bonds is 5. The maximum absolute atomic E-state index is 13.1. The van der Waals surface area contributed by atoms with Gasteiger partial charge in [0.2, 0.25) is 5.91 Å². The van der Waals surface area contributed by atoms with Crippen LogP contribution in [-0.4, -0.2) is 16.3 Å². The molecule has 1 unspecified atom stereocenters. The van der Waals surface area contributed by atoms with Gasteiger partial charge in [0, 0.05) is 22.7 Å². The predicted octanol–water partition coefficient (Wildman–Crippen LogP) is 4.41. The summed E-state index contributed by atoms with van der Waals surface area (Å²) in [7, 11) is 0. The highest BCUT2D eigenvalue weighted by Crippen LogP contribution is 2.25. The second-order valence-electron chi connectivity index (χ2n) is 7.06. The van der Waals surface area contributed by atoms with Crippen molar-refractivity contribution in [1.82, 2.24) is 4.57 Å². The smallest absolute Gasteiger partial charge is 0.252 e. The number of ketones is 1. The van der Waals surface area contributed by atoms with Crippen LogP contribution in [-0.2, 0) is 4.79 Å². The van der Waals surface area contributed by atoms with Crippen molar-refractivity contribution >= 4 is 28.3 Å². The minimum atomic E-state index is -0.655. The van der Waals surface area contributed by atoms with Crippen LogP contribution in [0.4, 0.5) is 5.69 Å². The standard InChI is InChI=1S/C23H24N2O3/c1-5-20(23(28)24-18-10-7-9-17(13-18)16(4)26)25-21(27)12-15(3)19-11-6-8-14(2)22(19)25/h6-13,20H,5H2,1-4H3,(H,24,28). The number of Topliss-reactive ketones (excluding diaryl/α,β-unsaturated/α-hetero) is 1. The van der Waals surface area contributed by atoms with Crippen LogP contribution < -0.4 is 10.9 Å². The van der Waals surface area contributed by atoms with Crippen LogP contribution >= 0.6 is 0 Å². The Morgan fingerprint density at radius 2 is 1.75 bits per heavy atom. The lowest BCUT2D eigenvalue weighted by atomic mass is 10.0. The normalized spacial score (nSPS) is 12.0. The number of nitrogens with zero attached hydrogens (tertiary/aromatic N) is 1. The van der Waals surface area contributed by atoms with Crippen LogP contribution in [0.5, 0.6) is 0 Å². The Hall–Kier alpha value is -3.21. The molecule has 0 aliphatic carbocycles. The molecule has 0 bridgehead atoms. The van der Waals surface area contributed by atoms with Gasteiger partial charge in [0.1, 0.15) is 6.04 Å². The first-order valence-corrected chi connectivity index (χ1v) is 9.36. The Morgan fingerprint density at radius 1 is 1.04 bits per heavy atom. The molecular weight excluding hydrogens is 352 g/mol. The fourth-order valence-corrected chi connectivity index (χ4v) is 3.58. The molecule has 1 atom stereocenters. The molecule has 0 aliphatic heterocycles. The summed E-state index contributed by atoms with van der Waals surface area (Å²) >= 11 is 0. The molecule has 28 heavy (non-hydrogen) atoms. The number of benzene rings is 2. The van der Waals surface area contributed by atoms with Crippen LogP contribution in [0.15, 0.2) is 53.3 Å². The van der Waals surface area contributed by atoms with Gasteiger partial charge >= 0.3 is 0 Å². The van der Waals surface area contributed by atoms with Crippen molar-refractivity contribution in [2.75, 3.05) is 5.32 Å². The lowest BCUT2D eigenvalue weighted by Crippen LogP contribution is -2.33. The van der Waals surface area contributed by atoms with Gasteiger partial charge in [-0.05, 0) is 50.5 Å². The molecule has 2 aromatic carbocycles. The molecule has 1 N–H and O–H groups in total. The number of para-hydroxylation sites is 1. The summed E-state index contributed by atoms with van der Waals surface area (Å²) in [5, 5.41) is 3.82. The number of hydrogen-bond acceptors (Lipinski definition) is 3. The van der Waals surface area contributed by atoms with E-state index in [2.05, 4.69) is 5.32 Å². The number of hydrogen-bond donors (Lipinski definition) is 1. The second kappa shape index (κ2) is 7.80. The van der Waals surface area contributed by atoms with Crippen LogP contribution in [0.25, 0.3) is 10.9 Å². The number of nitrogens with one attached hydrogen (secondary N) is 1. The van der Waals surface area contributed by atoms with Crippen LogP contribution in [0.1, 0.15) is 47.8 Å². The number of fused-ring (bicyclic) bond motifs is 1. The zero-order chi connectivity index (χ0) is 20.4. The van der Waals surface area contributed by atoms with Gasteiger partial charge in [0.15, 0.2) is 5.78 Å². The van der Waals surface area contributed by atoms with E-state index < -0.39 is 6.04 Å². The fraction of sp³-hybridized carbons (Fsp3) is 0.261. The number of aryl methyl sites for hydroxylation is 2. The molecule has 0 saturated carbocycles. The molecule has 1 aromatic heterocycles. The van der Waals surface area contributed by atoms with Crippen molar-refractivity contribution in [3.63, 3.8) is 0 Å². The van der Waals surface area contributed by atoms with Gasteiger partial charge in [0.05, 0.1) is 5.52 Å². The lowest BCUT2D eigenvalue weighted by molar-refractivity contribution is -0.119. The van der Waals surface area contributed by atoms with Crippen molar-refractivity contribution in [2.24, 2.45) is 0 Å². The Labute approximate surface area is 164 Å². The molecule has 144 valence electrons. The molecule has 1 amide bonds. The van der Waals surface area contributed by atoms with E-state index in [9.17, 15) is 14.4 Å². The molecule has 0 fully saturated rings. The SMILES string of the molecule is CCC(C(=O)Nc1cccc(C(C)=O)c1)n1c(=O)cc(C)c2cccc(C)c21. The maximum Gasteiger partial charge on any atom is 0.252 e. The van der Waals surface area contributed by atoms with Crippen molar-refractivity contribution in [3.8, 4) is 0 Å². The van der Waals surface area contributed by atoms with Crippen LogP contribution in [0, 0.1) is 13.8 Å². The zero-order valence-corrected chi connectivity index (χ0v) is 16.6. The molecule has 5 nitrogen and oxygen atoms in total. The van der Waals surface area contributed by atoms with Crippen molar-refractivity contribution < 1.29 is 9.59 Å². The van der Waals surface area contributed by atoms with Gasteiger partial charge in [-0.2, -0.15) is 0 Å². The van der Waals surface area contributed by atoms with Crippen molar-refractivity contribution in [1.29, 1.82) is 0 Å². The predicted molar refractivity (Wildman–Crippen MR) is 112 cm³/mol. The lowest BCUT2D eigenvalue weighted by Gasteiger charge is -2.22. The van der Waals surface area contributed by atoms with Gasteiger partial charge in [-0.15, -0.1) is 0 Å². The summed E-state index contributed by atoms with van der Waals surface area (Å²) in [6, 6.07) is 13.6. The van der Waals surface area contributed by atoms with Crippen LogP contribution in [0.2, 0.25) is 0 Å². The van der Waals surface area contributed by atoms with E-state index in [1.807, 2.05) is 39.0 Å². The van der Waals surface area contributed by atoms with Gasteiger partial charge < -0.3 is 5.32 Å². The third kappa shape index (κ3) is 3.60. The van der Waals surface area contributed by atoms with Gasteiger partial charge in [-0.25, -0.2) is 0 Å². The van der Waals surface area contributed by atoms with E-state index in [4.69, 9.17) is 0 Å². The van der Waals surface area contributed by atoms with Crippen molar-refractivity contribution in [3.05, 3.63) is 75.6 Å². The largest absolute Gasteiger partial charge is 0.324 e. The number of carbonyl (C=O) groups is 2. The summed E-state index contributed by atoms with van der Waals surface area (Å²) in [6.45, 7) is 7.21. The molecule has 0 saturated heterocycles. The maximum atomic E-state index is 13.1. The minimum Gasteiger partial charge on any atom is -0.324 e. The van der Waals surface area contributed by atoms with E-state index in [0.717, 1.165) is 22.0 Å². The third-order valence-corrected chi connectivity index (χ3v) is 5.02. The second-order valence-corrected chi connectivity index (χ2v) is 7.06. The highest BCUT2D eigenvalue weighted by molar-refractivity contribution is 5.98. The number of pyridine rings is 1. The topological polar surface area (TPSA) is 68.2 Å². The summed E-state index contributed by atoms with van der Waals surface area (Å²) in [6.07, 6.45) is 0.463. The molecule has 3 rings (SSSR count). The molecule has 1 heterocycles. The summed E-state index contributed by atoms with van der Waals surface area (Å²) in [4.78, 5) is 37.5. The van der Waals surface area contributed by atoms with Crippen molar-refractivity contribution in [2.45, 2.75) is 40.2 Å². The number of anilines is 1. The van der Waals surface area contributed by atoms with Gasteiger partial charge in [-0.3, -0.25) is 19.0 Å². The van der Waals surface area contributed by atoms with E-state index in [-0.39, 0.29) is 17.2 Å². The Kier molecular flexibility index (Phi) is 5.45. The number of carbonyl (C=O) groups excluding carboxylic acids is 2. The highest BCUT2D eigenvalue weighted by atomic mass is 16.2. The summed E-state index contributed by atoms with van der Waals surface area (Å²) in [5.74, 6) is -0.349. The monoisotopic (exact) mass is 376 g/mol. The van der Waals surface area contributed by atoms with Gasteiger partial charge in [0.25, 0.3) is 5.56 Å². The Bertz CT molecular complexity index is 1130. The Morgan fingerprint density at radius 3 is 2.43 bits per heavy atom.